The highest BCUT2D eigenvalue weighted by Gasteiger charge is 2.37. The molecule has 0 unspecified atom stereocenters. The molecular weight excluding hydrogens is 384 g/mol. The van der Waals surface area contributed by atoms with Crippen LogP contribution < -0.4 is 10.6 Å². The summed E-state index contributed by atoms with van der Waals surface area (Å²) in [5.41, 5.74) is 0.875. The molecule has 0 spiro atoms. The van der Waals surface area contributed by atoms with Gasteiger partial charge in [0.2, 0.25) is 0 Å². The molecule has 0 radical (unpaired) electrons. The van der Waals surface area contributed by atoms with Crippen LogP contribution in [0.1, 0.15) is 5.69 Å². The van der Waals surface area contributed by atoms with E-state index in [-0.39, 0.29) is 18.7 Å². The maximum absolute atomic E-state index is 12.2. The van der Waals surface area contributed by atoms with Crippen molar-refractivity contribution in [2.24, 2.45) is 0 Å². The Hall–Kier alpha value is -2.05. The summed E-state index contributed by atoms with van der Waals surface area (Å²) in [6, 6.07) is 2.78. The Morgan fingerprint density at radius 2 is 2.25 bits per heavy atom. The van der Waals surface area contributed by atoms with Crippen LogP contribution in [0.4, 0.5) is 9.80 Å². The number of hydrogen-bond donors (Lipinski definition) is 3. The van der Waals surface area contributed by atoms with Crippen molar-refractivity contribution in [2.45, 2.75) is 31.3 Å². The molecule has 2 amide bonds. The smallest absolute Gasteiger partial charge is 0.320 e. The highest BCUT2D eigenvalue weighted by atomic mass is 32.1. The normalized spacial score (nSPS) is 25.7. The fourth-order valence-corrected chi connectivity index (χ4v) is 3.97. The molecule has 28 heavy (non-hydrogen) atoms. The molecule has 11 heteroatoms. The number of aliphatic hydroxyl groups is 1. The molecule has 0 aromatic carbocycles. The summed E-state index contributed by atoms with van der Waals surface area (Å²) in [5.74, 6) is 0. The minimum absolute atomic E-state index is 0.171. The Labute approximate surface area is 166 Å². The first-order valence-corrected chi connectivity index (χ1v) is 10.1. The fraction of sp³-hybridized carbons (Fsp3) is 0.588. The second-order valence-electron chi connectivity index (χ2n) is 6.86. The van der Waals surface area contributed by atoms with E-state index in [1.165, 1.54) is 11.3 Å². The molecule has 2 aliphatic heterocycles. The molecular formula is C17H24N6O4S. The third-order valence-corrected chi connectivity index (χ3v) is 5.58. The van der Waals surface area contributed by atoms with Crippen molar-refractivity contribution >= 4 is 22.4 Å². The summed E-state index contributed by atoms with van der Waals surface area (Å²) in [6.45, 7) is 4.54. The van der Waals surface area contributed by atoms with E-state index >= 15 is 0 Å². The van der Waals surface area contributed by atoms with Gasteiger partial charge in [0, 0.05) is 25.8 Å². The lowest BCUT2D eigenvalue weighted by Crippen LogP contribution is -2.49. The SMILES string of the molecule is O=C(Nc1cccs1)N[C@@H]1[C@@H](O)CO[C@@H]1Cn1cc(CN2CCOCC2)nn1. The maximum Gasteiger partial charge on any atom is 0.320 e. The molecule has 2 aromatic heterocycles. The zero-order chi connectivity index (χ0) is 19.3. The second-order valence-corrected chi connectivity index (χ2v) is 7.81. The first-order valence-electron chi connectivity index (χ1n) is 9.27. The third-order valence-electron chi connectivity index (χ3n) is 4.79. The van der Waals surface area contributed by atoms with E-state index in [2.05, 4.69) is 25.8 Å². The number of aromatic nitrogens is 3. The van der Waals surface area contributed by atoms with Gasteiger partial charge < -0.3 is 19.9 Å². The predicted octanol–water partition coefficient (Wildman–Crippen LogP) is 0.122. The number of amides is 2. The average molecular weight is 408 g/mol. The number of carbonyl (C=O) groups is 1. The van der Waals surface area contributed by atoms with Gasteiger partial charge in [0.05, 0.1) is 43.1 Å². The number of nitrogens with one attached hydrogen (secondary N) is 2. The van der Waals surface area contributed by atoms with Gasteiger partial charge >= 0.3 is 6.03 Å². The summed E-state index contributed by atoms with van der Waals surface area (Å²) in [7, 11) is 0. The van der Waals surface area contributed by atoms with Crippen LogP contribution in [0, 0.1) is 0 Å². The van der Waals surface area contributed by atoms with Gasteiger partial charge in [0.15, 0.2) is 0 Å². The van der Waals surface area contributed by atoms with Gasteiger partial charge in [0.1, 0.15) is 12.2 Å². The minimum atomic E-state index is -0.768. The molecule has 3 atom stereocenters. The Balaban J connectivity index is 1.32. The van der Waals surface area contributed by atoms with Crippen LogP contribution in [-0.4, -0.2) is 82.2 Å². The van der Waals surface area contributed by atoms with Gasteiger partial charge in [-0.3, -0.25) is 10.2 Å². The van der Waals surface area contributed by atoms with Gasteiger partial charge in [-0.05, 0) is 17.5 Å². The lowest BCUT2D eigenvalue weighted by atomic mass is 10.1. The number of rotatable bonds is 6. The van der Waals surface area contributed by atoms with E-state index in [1.807, 2.05) is 23.7 Å². The lowest BCUT2D eigenvalue weighted by Gasteiger charge is -2.25. The van der Waals surface area contributed by atoms with Crippen molar-refractivity contribution in [1.82, 2.24) is 25.2 Å². The molecule has 2 saturated heterocycles. The van der Waals surface area contributed by atoms with Crippen LogP contribution >= 0.6 is 11.3 Å². The second kappa shape index (κ2) is 8.97. The van der Waals surface area contributed by atoms with Crippen molar-refractivity contribution in [2.75, 3.05) is 38.2 Å². The number of anilines is 1. The maximum atomic E-state index is 12.2. The highest BCUT2D eigenvalue weighted by Crippen LogP contribution is 2.18. The van der Waals surface area contributed by atoms with Crippen molar-refractivity contribution in [1.29, 1.82) is 0 Å². The number of carbonyl (C=O) groups excluding carboxylic acids is 1. The van der Waals surface area contributed by atoms with Crippen LogP contribution in [0.25, 0.3) is 0 Å². The topological polar surface area (TPSA) is 114 Å². The summed E-state index contributed by atoms with van der Waals surface area (Å²) in [5, 5.41) is 26.8. The van der Waals surface area contributed by atoms with Crippen LogP contribution in [0.15, 0.2) is 23.7 Å². The van der Waals surface area contributed by atoms with E-state index in [9.17, 15) is 9.90 Å². The Morgan fingerprint density at radius 1 is 1.39 bits per heavy atom. The van der Waals surface area contributed by atoms with Gasteiger partial charge in [0.25, 0.3) is 0 Å². The van der Waals surface area contributed by atoms with Gasteiger partial charge in [-0.1, -0.05) is 5.21 Å². The zero-order valence-corrected chi connectivity index (χ0v) is 16.2. The largest absolute Gasteiger partial charge is 0.388 e. The fourth-order valence-electron chi connectivity index (χ4n) is 3.35. The molecule has 4 rings (SSSR count). The van der Waals surface area contributed by atoms with E-state index in [0.29, 0.717) is 6.54 Å². The van der Waals surface area contributed by atoms with Crippen molar-refractivity contribution in [3.05, 3.63) is 29.4 Å². The van der Waals surface area contributed by atoms with E-state index < -0.39 is 12.1 Å². The summed E-state index contributed by atoms with van der Waals surface area (Å²) in [6.07, 6.45) is 0.726. The molecule has 0 bridgehead atoms. The van der Waals surface area contributed by atoms with E-state index in [0.717, 1.165) is 43.5 Å². The molecule has 10 nitrogen and oxygen atoms in total. The number of hydrogen-bond acceptors (Lipinski definition) is 8. The number of nitrogens with zero attached hydrogens (tertiary/aromatic N) is 4. The molecule has 152 valence electrons. The number of urea groups is 1. The Bertz CT molecular complexity index is 764. The predicted molar refractivity (Wildman–Crippen MR) is 102 cm³/mol. The Kier molecular flexibility index (Phi) is 6.17. The minimum Gasteiger partial charge on any atom is -0.388 e. The molecule has 4 heterocycles. The van der Waals surface area contributed by atoms with Gasteiger partial charge in [-0.25, -0.2) is 9.48 Å². The molecule has 2 aromatic rings. The van der Waals surface area contributed by atoms with E-state index in [4.69, 9.17) is 9.47 Å². The first kappa shape index (κ1) is 19.3. The monoisotopic (exact) mass is 408 g/mol. The summed E-state index contributed by atoms with van der Waals surface area (Å²) >= 11 is 1.43. The van der Waals surface area contributed by atoms with Crippen LogP contribution in [0.3, 0.4) is 0 Å². The molecule has 3 N–H and O–H groups in total. The zero-order valence-electron chi connectivity index (χ0n) is 15.4. The number of aliphatic hydroxyl groups excluding tert-OH is 1. The van der Waals surface area contributed by atoms with Crippen molar-refractivity contribution in [3.63, 3.8) is 0 Å². The van der Waals surface area contributed by atoms with Crippen molar-refractivity contribution < 1.29 is 19.4 Å². The quantitative estimate of drug-likeness (QED) is 0.622. The number of ether oxygens (including phenoxy) is 2. The van der Waals surface area contributed by atoms with Crippen molar-refractivity contribution in [3.8, 4) is 0 Å². The van der Waals surface area contributed by atoms with Gasteiger partial charge in [-0.15, -0.1) is 16.4 Å². The summed E-state index contributed by atoms with van der Waals surface area (Å²) < 4.78 is 12.7. The Morgan fingerprint density at radius 3 is 3.04 bits per heavy atom. The number of thiophene rings is 1. The third kappa shape index (κ3) is 4.86. The van der Waals surface area contributed by atoms with Gasteiger partial charge in [-0.2, -0.15) is 0 Å². The molecule has 2 aliphatic rings. The molecule has 0 saturated carbocycles. The van der Waals surface area contributed by atoms with Crippen LogP contribution in [-0.2, 0) is 22.6 Å². The number of morpholine rings is 1. The van der Waals surface area contributed by atoms with Crippen LogP contribution in [0.2, 0.25) is 0 Å². The average Bonchev–Trinajstić information content (AvgIpc) is 3.42. The first-order chi connectivity index (χ1) is 13.7. The molecule has 0 aliphatic carbocycles. The standard InChI is InChI=1S/C17H24N6O4S/c24-13-11-27-14(16(13)19-17(25)18-15-2-1-7-28-15)10-23-9-12(20-21-23)8-22-3-5-26-6-4-22/h1-2,7,9,13-14,16,24H,3-6,8,10-11H2,(H2,18,19,25)/t13-,14+,16+/m0/s1. The van der Waals surface area contributed by atoms with Crippen LogP contribution in [0.5, 0.6) is 0 Å². The highest BCUT2D eigenvalue weighted by molar-refractivity contribution is 7.14. The summed E-state index contributed by atoms with van der Waals surface area (Å²) in [4.78, 5) is 14.5. The molecule has 2 fully saturated rings. The lowest BCUT2D eigenvalue weighted by molar-refractivity contribution is 0.0336. The van der Waals surface area contributed by atoms with E-state index in [1.54, 1.807) is 4.68 Å².